The lowest BCUT2D eigenvalue weighted by atomic mass is 10.1. The predicted octanol–water partition coefficient (Wildman–Crippen LogP) is 5.16. The fourth-order valence-corrected chi connectivity index (χ4v) is 2.05. The van der Waals surface area contributed by atoms with Crippen molar-refractivity contribution >= 4 is 5.91 Å². The van der Waals surface area contributed by atoms with Gasteiger partial charge in [-0.15, -0.1) is 0 Å². The third kappa shape index (κ3) is 13.4. The molecule has 0 rings (SSSR count). The predicted molar refractivity (Wildman–Crippen MR) is 88.8 cm³/mol. The summed E-state index contributed by atoms with van der Waals surface area (Å²) in [5, 5.41) is 2.97. The molecule has 1 amide bonds. The zero-order valence-corrected chi connectivity index (χ0v) is 13.9. The Morgan fingerprint density at radius 1 is 1.00 bits per heavy atom. The lowest BCUT2D eigenvalue weighted by Crippen LogP contribution is -2.22. The van der Waals surface area contributed by atoms with Crippen LogP contribution in [0.15, 0.2) is 23.3 Å². The van der Waals surface area contributed by atoms with Crippen LogP contribution in [0.3, 0.4) is 0 Å². The number of rotatable bonds is 11. The molecule has 0 unspecified atom stereocenters. The molecule has 0 bridgehead atoms. The molecular weight excluding hydrogens is 246 g/mol. The first-order valence-electron chi connectivity index (χ1n) is 8.14. The van der Waals surface area contributed by atoms with E-state index in [1.165, 1.54) is 37.7 Å². The number of carbonyl (C=O) groups is 1. The molecule has 0 spiro atoms. The van der Waals surface area contributed by atoms with E-state index in [0.717, 1.165) is 31.4 Å². The highest BCUT2D eigenvalue weighted by atomic mass is 16.1. The Hall–Kier alpha value is -1.05. The summed E-state index contributed by atoms with van der Waals surface area (Å²) in [5.74, 6) is 0.0632. The Labute approximate surface area is 125 Å². The molecule has 0 aromatic carbocycles. The van der Waals surface area contributed by atoms with Crippen LogP contribution in [-0.2, 0) is 4.79 Å². The summed E-state index contributed by atoms with van der Waals surface area (Å²) in [6.45, 7) is 9.27. The molecule has 0 radical (unpaired) electrons. The second-order valence-corrected chi connectivity index (χ2v) is 5.87. The van der Waals surface area contributed by atoms with E-state index < -0.39 is 0 Å². The second-order valence-electron chi connectivity index (χ2n) is 5.87. The van der Waals surface area contributed by atoms with Gasteiger partial charge in [0.2, 0.25) is 5.91 Å². The zero-order valence-electron chi connectivity index (χ0n) is 13.9. The van der Waals surface area contributed by atoms with Crippen molar-refractivity contribution in [2.75, 3.05) is 6.54 Å². The molecule has 0 atom stereocenters. The van der Waals surface area contributed by atoms with Crippen LogP contribution < -0.4 is 5.32 Å². The van der Waals surface area contributed by atoms with Crippen LogP contribution >= 0.6 is 0 Å². The average molecular weight is 279 g/mol. The molecule has 0 heterocycles. The molecule has 0 aliphatic carbocycles. The Balaban J connectivity index is 3.63. The van der Waals surface area contributed by atoms with Crippen molar-refractivity contribution in [2.45, 2.75) is 79.1 Å². The van der Waals surface area contributed by atoms with Gasteiger partial charge in [-0.05, 0) is 40.0 Å². The van der Waals surface area contributed by atoms with E-state index >= 15 is 0 Å². The summed E-state index contributed by atoms with van der Waals surface area (Å²) < 4.78 is 0. The Bertz CT molecular complexity index is 311. The molecule has 0 saturated heterocycles. The fraction of sp³-hybridized carbons (Fsp3) is 0.722. The third-order valence-electron chi connectivity index (χ3n) is 3.30. The van der Waals surface area contributed by atoms with Gasteiger partial charge in [0.05, 0.1) is 0 Å². The standard InChI is InChI=1S/C18H33NO/c1-5-6-7-8-9-10-14-19-18(20)15-17(4)13-11-12-16(2)3/h12,15H,5-11,13-14H2,1-4H3,(H,19,20)/b17-15-. The van der Waals surface area contributed by atoms with Crippen LogP contribution in [0.2, 0.25) is 0 Å². The lowest BCUT2D eigenvalue weighted by molar-refractivity contribution is -0.116. The van der Waals surface area contributed by atoms with Crippen LogP contribution in [0, 0.1) is 0 Å². The smallest absolute Gasteiger partial charge is 0.243 e. The minimum absolute atomic E-state index is 0.0632. The summed E-state index contributed by atoms with van der Waals surface area (Å²) >= 11 is 0. The third-order valence-corrected chi connectivity index (χ3v) is 3.30. The second kappa shape index (κ2) is 13.0. The first kappa shape index (κ1) is 18.9. The minimum atomic E-state index is 0.0632. The van der Waals surface area contributed by atoms with Gasteiger partial charge in [0, 0.05) is 12.6 Å². The van der Waals surface area contributed by atoms with E-state index in [2.05, 4.69) is 32.2 Å². The number of allylic oxidation sites excluding steroid dienone is 3. The molecule has 2 nitrogen and oxygen atoms in total. The number of hydrogen-bond acceptors (Lipinski definition) is 1. The average Bonchev–Trinajstić information content (AvgIpc) is 2.37. The Kier molecular flexibility index (Phi) is 12.3. The molecule has 2 heteroatoms. The van der Waals surface area contributed by atoms with Gasteiger partial charge < -0.3 is 5.32 Å². The lowest BCUT2D eigenvalue weighted by Gasteiger charge is -2.04. The van der Waals surface area contributed by atoms with Gasteiger partial charge in [0.1, 0.15) is 0 Å². The SMILES string of the molecule is CCCCCCCCNC(=O)/C=C(/C)CCC=C(C)C. The number of carbonyl (C=O) groups excluding carboxylic acids is 1. The molecule has 0 fully saturated rings. The minimum Gasteiger partial charge on any atom is -0.353 e. The summed E-state index contributed by atoms with van der Waals surface area (Å²) in [4.78, 5) is 11.7. The highest BCUT2D eigenvalue weighted by molar-refractivity contribution is 5.88. The van der Waals surface area contributed by atoms with Gasteiger partial charge in [-0.1, -0.05) is 56.3 Å². The summed E-state index contributed by atoms with van der Waals surface area (Å²) in [7, 11) is 0. The van der Waals surface area contributed by atoms with Crippen LogP contribution in [-0.4, -0.2) is 12.5 Å². The van der Waals surface area contributed by atoms with E-state index in [4.69, 9.17) is 0 Å². The number of nitrogens with one attached hydrogen (secondary N) is 1. The van der Waals surface area contributed by atoms with Crippen molar-refractivity contribution in [1.82, 2.24) is 5.32 Å². The normalized spacial score (nSPS) is 11.3. The summed E-state index contributed by atoms with van der Waals surface area (Å²) in [6, 6.07) is 0. The van der Waals surface area contributed by atoms with Gasteiger partial charge in [-0.3, -0.25) is 4.79 Å². The van der Waals surface area contributed by atoms with Crippen LogP contribution in [0.1, 0.15) is 79.1 Å². The topological polar surface area (TPSA) is 29.1 Å². The van der Waals surface area contributed by atoms with Gasteiger partial charge in [-0.25, -0.2) is 0 Å². The van der Waals surface area contributed by atoms with Crippen molar-refractivity contribution in [1.29, 1.82) is 0 Å². The van der Waals surface area contributed by atoms with E-state index in [-0.39, 0.29) is 5.91 Å². The molecular formula is C18H33NO. The van der Waals surface area contributed by atoms with Crippen molar-refractivity contribution in [3.8, 4) is 0 Å². The maximum atomic E-state index is 11.7. The zero-order chi connectivity index (χ0) is 15.2. The van der Waals surface area contributed by atoms with Crippen molar-refractivity contribution in [2.24, 2.45) is 0 Å². The van der Waals surface area contributed by atoms with Crippen molar-refractivity contribution < 1.29 is 4.79 Å². The van der Waals surface area contributed by atoms with Crippen LogP contribution in [0.4, 0.5) is 0 Å². The largest absolute Gasteiger partial charge is 0.353 e. The summed E-state index contributed by atoms with van der Waals surface area (Å²) in [5.41, 5.74) is 2.49. The number of unbranched alkanes of at least 4 members (excludes halogenated alkanes) is 5. The quantitative estimate of drug-likeness (QED) is 0.316. The highest BCUT2D eigenvalue weighted by Gasteiger charge is 1.97. The first-order valence-corrected chi connectivity index (χ1v) is 8.14. The molecule has 20 heavy (non-hydrogen) atoms. The fourth-order valence-electron chi connectivity index (χ4n) is 2.05. The number of hydrogen-bond donors (Lipinski definition) is 1. The maximum absolute atomic E-state index is 11.7. The number of amides is 1. The molecule has 0 saturated carbocycles. The van der Waals surface area contributed by atoms with E-state index in [9.17, 15) is 4.79 Å². The van der Waals surface area contributed by atoms with Gasteiger partial charge in [0.15, 0.2) is 0 Å². The molecule has 0 aromatic heterocycles. The Morgan fingerprint density at radius 2 is 1.65 bits per heavy atom. The van der Waals surface area contributed by atoms with Crippen molar-refractivity contribution in [3.63, 3.8) is 0 Å². The van der Waals surface area contributed by atoms with Gasteiger partial charge in [0.25, 0.3) is 0 Å². The summed E-state index contributed by atoms with van der Waals surface area (Å²) in [6.07, 6.45) is 13.5. The molecule has 116 valence electrons. The van der Waals surface area contributed by atoms with Gasteiger partial charge >= 0.3 is 0 Å². The molecule has 0 aliphatic rings. The maximum Gasteiger partial charge on any atom is 0.243 e. The first-order chi connectivity index (χ1) is 9.56. The van der Waals surface area contributed by atoms with Gasteiger partial charge in [-0.2, -0.15) is 0 Å². The Morgan fingerprint density at radius 3 is 2.30 bits per heavy atom. The van der Waals surface area contributed by atoms with E-state index in [1.807, 2.05) is 6.92 Å². The van der Waals surface area contributed by atoms with Crippen molar-refractivity contribution in [3.05, 3.63) is 23.3 Å². The monoisotopic (exact) mass is 279 g/mol. The van der Waals surface area contributed by atoms with E-state index in [0.29, 0.717) is 0 Å². The van der Waals surface area contributed by atoms with Crippen LogP contribution in [0.25, 0.3) is 0 Å². The molecule has 0 aliphatic heterocycles. The highest BCUT2D eigenvalue weighted by Crippen LogP contribution is 2.06. The molecule has 1 N–H and O–H groups in total. The molecule has 0 aromatic rings. The van der Waals surface area contributed by atoms with Crippen LogP contribution in [0.5, 0.6) is 0 Å². The van der Waals surface area contributed by atoms with E-state index in [1.54, 1.807) is 6.08 Å².